The average molecular weight is 468 g/mol. The van der Waals surface area contributed by atoms with E-state index in [4.69, 9.17) is 9.72 Å². The lowest BCUT2D eigenvalue weighted by molar-refractivity contribution is -0.118. The van der Waals surface area contributed by atoms with Crippen molar-refractivity contribution in [3.63, 3.8) is 0 Å². The minimum atomic E-state index is -0.107. The monoisotopic (exact) mass is 467 g/mol. The van der Waals surface area contributed by atoms with E-state index in [0.29, 0.717) is 23.1 Å². The lowest BCUT2D eigenvalue weighted by Gasteiger charge is -2.15. The van der Waals surface area contributed by atoms with Crippen molar-refractivity contribution in [1.29, 1.82) is 0 Å². The number of thioether (sulfide) groups is 2. The highest BCUT2D eigenvalue weighted by molar-refractivity contribution is 8.00. The van der Waals surface area contributed by atoms with E-state index in [1.807, 2.05) is 54.6 Å². The number of methoxy groups -OCH3 is 1. The highest BCUT2D eigenvalue weighted by atomic mass is 32.2. The summed E-state index contributed by atoms with van der Waals surface area (Å²) in [6.07, 6.45) is 0. The molecule has 0 aliphatic carbocycles. The van der Waals surface area contributed by atoms with Crippen LogP contribution in [-0.2, 0) is 11.3 Å². The first-order chi connectivity index (χ1) is 15.5. The van der Waals surface area contributed by atoms with Crippen LogP contribution in [0.15, 0.2) is 69.6 Å². The highest BCUT2D eigenvalue weighted by Crippen LogP contribution is 2.43. The molecule has 1 aliphatic rings. The Bertz CT molecular complexity index is 1160. The molecular weight excluding hydrogens is 442 g/mol. The molecule has 8 heteroatoms. The van der Waals surface area contributed by atoms with Gasteiger partial charge in [-0.2, -0.15) is 0 Å². The van der Waals surface area contributed by atoms with Gasteiger partial charge in [0.05, 0.1) is 24.1 Å². The van der Waals surface area contributed by atoms with Crippen molar-refractivity contribution in [3.05, 3.63) is 76.1 Å². The topological polar surface area (TPSA) is 73.2 Å². The second-order valence-electron chi connectivity index (χ2n) is 7.61. The van der Waals surface area contributed by atoms with E-state index >= 15 is 0 Å². The fourth-order valence-electron chi connectivity index (χ4n) is 3.52. The van der Waals surface area contributed by atoms with Crippen LogP contribution in [0.4, 0.5) is 0 Å². The number of rotatable bonds is 7. The summed E-state index contributed by atoms with van der Waals surface area (Å²) in [6.45, 7) is 4.64. The quantitative estimate of drug-likeness (QED) is 0.318. The van der Waals surface area contributed by atoms with Crippen LogP contribution in [-0.4, -0.2) is 33.6 Å². The standard InChI is InChI=1S/C24H25N3O3S2/c1-15-16(2)32-22-21(15)23(29)27(18-9-11-19(30-3)12-10-18)24(26-22)31-14-20(28)25-13-17-7-5-4-6-8-17/h4-12,15-16H,13-14H2,1-3H3,(H,25,28)/t15-,16+/m0/s1. The predicted octanol–water partition coefficient (Wildman–Crippen LogP) is 4.25. The molecule has 3 aromatic rings. The third-order valence-electron chi connectivity index (χ3n) is 5.50. The van der Waals surface area contributed by atoms with Gasteiger partial charge in [0.2, 0.25) is 5.91 Å². The van der Waals surface area contributed by atoms with Crippen molar-refractivity contribution in [2.24, 2.45) is 0 Å². The molecule has 6 nitrogen and oxygen atoms in total. The van der Waals surface area contributed by atoms with Gasteiger partial charge in [-0.1, -0.05) is 55.9 Å². The van der Waals surface area contributed by atoms with Gasteiger partial charge in [-0.15, -0.1) is 11.8 Å². The number of nitrogens with one attached hydrogen (secondary N) is 1. The maximum atomic E-state index is 13.5. The summed E-state index contributed by atoms with van der Waals surface area (Å²) in [7, 11) is 1.60. The summed E-state index contributed by atoms with van der Waals surface area (Å²) in [5.41, 5.74) is 2.42. The number of carbonyl (C=O) groups excluding carboxylic acids is 1. The van der Waals surface area contributed by atoms with Crippen LogP contribution < -0.4 is 15.6 Å². The number of hydrogen-bond donors (Lipinski definition) is 1. The predicted molar refractivity (Wildman–Crippen MR) is 129 cm³/mol. The summed E-state index contributed by atoms with van der Waals surface area (Å²) in [5.74, 6) is 0.893. The maximum absolute atomic E-state index is 13.5. The van der Waals surface area contributed by atoms with Crippen LogP contribution in [0.1, 0.15) is 30.9 Å². The minimum Gasteiger partial charge on any atom is -0.497 e. The molecule has 1 amide bonds. The molecule has 0 radical (unpaired) electrons. The molecular formula is C24H25N3O3S2. The molecule has 0 unspecified atom stereocenters. The fourth-order valence-corrected chi connectivity index (χ4v) is 5.65. The van der Waals surface area contributed by atoms with Crippen LogP contribution in [0.5, 0.6) is 5.75 Å². The summed E-state index contributed by atoms with van der Waals surface area (Å²) in [4.78, 5) is 30.8. The molecule has 2 aromatic carbocycles. The zero-order chi connectivity index (χ0) is 22.7. The molecule has 0 bridgehead atoms. The Labute approximate surface area is 195 Å². The van der Waals surface area contributed by atoms with Crippen molar-refractivity contribution < 1.29 is 9.53 Å². The number of fused-ring (bicyclic) bond motifs is 1. The Balaban J connectivity index is 1.60. The molecule has 2 atom stereocenters. The van der Waals surface area contributed by atoms with Gasteiger partial charge in [0.25, 0.3) is 5.56 Å². The van der Waals surface area contributed by atoms with E-state index in [1.165, 1.54) is 11.8 Å². The molecule has 0 spiro atoms. The Morgan fingerprint density at radius 3 is 2.56 bits per heavy atom. The van der Waals surface area contributed by atoms with Crippen LogP contribution >= 0.6 is 23.5 Å². The molecule has 0 saturated heterocycles. The average Bonchev–Trinajstić information content (AvgIpc) is 3.10. The zero-order valence-electron chi connectivity index (χ0n) is 18.2. The van der Waals surface area contributed by atoms with Gasteiger partial charge in [-0.25, -0.2) is 4.98 Å². The number of carbonyl (C=O) groups is 1. The number of benzene rings is 2. The molecule has 2 heterocycles. The number of ether oxygens (including phenoxy) is 1. The van der Waals surface area contributed by atoms with E-state index < -0.39 is 0 Å². The van der Waals surface area contributed by atoms with E-state index in [-0.39, 0.29) is 28.4 Å². The molecule has 1 aliphatic heterocycles. The molecule has 166 valence electrons. The van der Waals surface area contributed by atoms with Crippen LogP contribution in [0.2, 0.25) is 0 Å². The second-order valence-corrected chi connectivity index (χ2v) is 9.92. The second kappa shape index (κ2) is 9.83. The highest BCUT2D eigenvalue weighted by Gasteiger charge is 2.33. The SMILES string of the molecule is COc1ccc(-n2c(SCC(=O)NCc3ccccc3)nc3c(c2=O)[C@@H](C)[C@@H](C)S3)cc1. The first kappa shape index (κ1) is 22.5. The smallest absolute Gasteiger partial charge is 0.263 e. The largest absolute Gasteiger partial charge is 0.497 e. The molecule has 4 rings (SSSR count). The summed E-state index contributed by atoms with van der Waals surface area (Å²) >= 11 is 2.89. The zero-order valence-corrected chi connectivity index (χ0v) is 19.8. The van der Waals surface area contributed by atoms with Crippen molar-refractivity contribution in [3.8, 4) is 11.4 Å². The number of hydrogen-bond acceptors (Lipinski definition) is 6. The van der Waals surface area contributed by atoms with Gasteiger partial charge >= 0.3 is 0 Å². The van der Waals surface area contributed by atoms with E-state index in [1.54, 1.807) is 23.4 Å². The molecule has 1 aromatic heterocycles. The summed E-state index contributed by atoms with van der Waals surface area (Å²) in [6, 6.07) is 17.1. The number of nitrogens with zero attached hydrogens (tertiary/aromatic N) is 2. The summed E-state index contributed by atoms with van der Waals surface area (Å²) in [5, 5.41) is 4.50. The summed E-state index contributed by atoms with van der Waals surface area (Å²) < 4.78 is 6.86. The normalized spacial score (nSPS) is 17.1. The third-order valence-corrected chi connectivity index (χ3v) is 7.76. The van der Waals surface area contributed by atoms with E-state index in [2.05, 4.69) is 19.2 Å². The van der Waals surface area contributed by atoms with Gasteiger partial charge in [0.15, 0.2) is 5.16 Å². The third kappa shape index (κ3) is 4.71. The maximum Gasteiger partial charge on any atom is 0.263 e. The van der Waals surface area contributed by atoms with Gasteiger partial charge < -0.3 is 10.1 Å². The first-order valence-electron chi connectivity index (χ1n) is 10.4. The first-order valence-corrected chi connectivity index (χ1v) is 12.3. The Morgan fingerprint density at radius 2 is 1.88 bits per heavy atom. The van der Waals surface area contributed by atoms with Crippen molar-refractivity contribution in [2.75, 3.05) is 12.9 Å². The molecule has 1 N–H and O–H groups in total. The van der Waals surface area contributed by atoms with E-state index in [0.717, 1.165) is 16.2 Å². The molecule has 0 fully saturated rings. The Morgan fingerprint density at radius 1 is 1.16 bits per heavy atom. The molecule has 32 heavy (non-hydrogen) atoms. The lowest BCUT2D eigenvalue weighted by Crippen LogP contribution is -2.28. The lowest BCUT2D eigenvalue weighted by atomic mass is 10.0. The van der Waals surface area contributed by atoms with E-state index in [9.17, 15) is 9.59 Å². The van der Waals surface area contributed by atoms with Gasteiger partial charge in [0.1, 0.15) is 10.8 Å². The van der Waals surface area contributed by atoms with Gasteiger partial charge in [-0.05, 0) is 29.8 Å². The van der Waals surface area contributed by atoms with Crippen LogP contribution in [0.3, 0.4) is 0 Å². The van der Waals surface area contributed by atoms with Gasteiger partial charge in [0, 0.05) is 17.7 Å². The van der Waals surface area contributed by atoms with Crippen molar-refractivity contribution in [1.82, 2.24) is 14.9 Å². The minimum absolute atomic E-state index is 0.0725. The van der Waals surface area contributed by atoms with Crippen molar-refractivity contribution in [2.45, 2.75) is 41.7 Å². The Hall–Kier alpha value is -2.71. The Kier molecular flexibility index (Phi) is 6.91. The number of amides is 1. The van der Waals surface area contributed by atoms with Crippen LogP contribution in [0.25, 0.3) is 5.69 Å². The fraction of sp³-hybridized carbons (Fsp3) is 0.292. The number of aromatic nitrogens is 2. The van der Waals surface area contributed by atoms with Crippen molar-refractivity contribution >= 4 is 29.4 Å². The molecule has 0 saturated carbocycles. The van der Waals surface area contributed by atoms with Crippen LogP contribution in [0, 0.1) is 0 Å². The van der Waals surface area contributed by atoms with Gasteiger partial charge in [-0.3, -0.25) is 14.2 Å².